The molecule has 1 atom stereocenters. The molecular weight excluding hydrogens is 242 g/mol. The number of anilines is 1. The Labute approximate surface area is 93.8 Å². The smallest absolute Gasteiger partial charge is 0.0661 e. The zero-order valence-corrected chi connectivity index (χ0v) is 10.4. The number of aryl methyl sites for hydroxylation is 1. The first kappa shape index (κ1) is 11.5. The Morgan fingerprint density at radius 3 is 2.86 bits per heavy atom. The Balaban J connectivity index is 2.71. The molecule has 1 aromatic rings. The van der Waals surface area contributed by atoms with Crippen LogP contribution in [-0.4, -0.2) is 19.8 Å². The lowest BCUT2D eigenvalue weighted by Crippen LogP contribution is -2.21. The Kier molecular flexibility index (Phi) is 4.42. The lowest BCUT2D eigenvalue weighted by atomic mass is 10.2. The summed E-state index contributed by atoms with van der Waals surface area (Å²) >= 11 is 3.56. The molecule has 1 rings (SSSR count). The SMILES string of the molecule is COCC(C)Nc1cccc(C)c1Br. The van der Waals surface area contributed by atoms with Crippen molar-refractivity contribution in [3.8, 4) is 0 Å². The minimum atomic E-state index is 0.318. The van der Waals surface area contributed by atoms with Crippen molar-refractivity contribution >= 4 is 21.6 Å². The third-order valence-electron chi connectivity index (χ3n) is 2.01. The topological polar surface area (TPSA) is 21.3 Å². The Morgan fingerprint density at radius 2 is 2.21 bits per heavy atom. The van der Waals surface area contributed by atoms with E-state index in [0.29, 0.717) is 12.6 Å². The van der Waals surface area contributed by atoms with E-state index in [-0.39, 0.29) is 0 Å². The first-order chi connectivity index (χ1) is 6.65. The molecule has 0 bridgehead atoms. The molecule has 1 aromatic carbocycles. The van der Waals surface area contributed by atoms with Crippen LogP contribution in [0.4, 0.5) is 5.69 Å². The number of ether oxygens (including phenoxy) is 1. The molecular formula is C11H16BrNO. The summed E-state index contributed by atoms with van der Waals surface area (Å²) < 4.78 is 6.20. The van der Waals surface area contributed by atoms with Gasteiger partial charge in [-0.3, -0.25) is 0 Å². The van der Waals surface area contributed by atoms with Crippen LogP contribution >= 0.6 is 15.9 Å². The monoisotopic (exact) mass is 257 g/mol. The minimum Gasteiger partial charge on any atom is -0.383 e. The summed E-state index contributed by atoms with van der Waals surface area (Å²) in [6, 6.07) is 6.50. The molecule has 1 N–H and O–H groups in total. The summed E-state index contributed by atoms with van der Waals surface area (Å²) in [5.41, 5.74) is 2.36. The summed E-state index contributed by atoms with van der Waals surface area (Å²) in [5.74, 6) is 0. The Hall–Kier alpha value is -0.540. The lowest BCUT2D eigenvalue weighted by Gasteiger charge is -2.16. The largest absolute Gasteiger partial charge is 0.383 e. The number of benzene rings is 1. The fraction of sp³-hybridized carbons (Fsp3) is 0.455. The van der Waals surface area contributed by atoms with Crippen LogP contribution in [0.5, 0.6) is 0 Å². The highest BCUT2D eigenvalue weighted by molar-refractivity contribution is 9.10. The maximum Gasteiger partial charge on any atom is 0.0661 e. The Morgan fingerprint density at radius 1 is 1.50 bits per heavy atom. The standard InChI is InChI=1S/C11H16BrNO/c1-8-5-4-6-10(11(8)12)13-9(2)7-14-3/h4-6,9,13H,7H2,1-3H3. The predicted octanol–water partition coefficient (Wildman–Crippen LogP) is 3.20. The van der Waals surface area contributed by atoms with E-state index in [4.69, 9.17) is 4.74 Å². The van der Waals surface area contributed by atoms with Crippen molar-refractivity contribution in [1.82, 2.24) is 0 Å². The predicted molar refractivity (Wildman–Crippen MR) is 63.8 cm³/mol. The second kappa shape index (κ2) is 5.37. The molecule has 1 unspecified atom stereocenters. The third-order valence-corrected chi connectivity index (χ3v) is 3.06. The highest BCUT2D eigenvalue weighted by Gasteiger charge is 2.05. The van der Waals surface area contributed by atoms with Gasteiger partial charge in [0.25, 0.3) is 0 Å². The number of methoxy groups -OCH3 is 1. The van der Waals surface area contributed by atoms with E-state index >= 15 is 0 Å². The van der Waals surface area contributed by atoms with E-state index in [1.807, 2.05) is 6.07 Å². The summed E-state index contributed by atoms with van der Waals surface area (Å²) in [7, 11) is 1.71. The molecule has 0 aliphatic rings. The second-order valence-corrected chi connectivity index (χ2v) is 4.23. The van der Waals surface area contributed by atoms with Gasteiger partial charge >= 0.3 is 0 Å². The van der Waals surface area contributed by atoms with Gasteiger partial charge in [0.05, 0.1) is 6.61 Å². The number of nitrogens with one attached hydrogen (secondary N) is 1. The summed E-state index contributed by atoms with van der Waals surface area (Å²) in [6.07, 6.45) is 0. The fourth-order valence-corrected chi connectivity index (χ4v) is 1.69. The highest BCUT2D eigenvalue weighted by Crippen LogP contribution is 2.26. The average molecular weight is 258 g/mol. The molecule has 0 saturated heterocycles. The zero-order valence-electron chi connectivity index (χ0n) is 8.80. The molecule has 0 aliphatic heterocycles. The van der Waals surface area contributed by atoms with Gasteiger partial charge in [0.15, 0.2) is 0 Å². The van der Waals surface area contributed by atoms with Crippen LogP contribution in [0.15, 0.2) is 22.7 Å². The van der Waals surface area contributed by atoms with Gasteiger partial charge in [-0.1, -0.05) is 12.1 Å². The van der Waals surface area contributed by atoms with Crippen molar-refractivity contribution in [3.05, 3.63) is 28.2 Å². The van der Waals surface area contributed by atoms with E-state index in [1.165, 1.54) is 5.56 Å². The molecule has 0 amide bonds. The number of halogens is 1. The Bertz CT molecular complexity index is 301. The zero-order chi connectivity index (χ0) is 10.6. The van der Waals surface area contributed by atoms with E-state index in [1.54, 1.807) is 7.11 Å². The number of rotatable bonds is 4. The molecule has 0 heterocycles. The molecule has 0 radical (unpaired) electrons. The number of hydrogen-bond donors (Lipinski definition) is 1. The van der Waals surface area contributed by atoms with Crippen molar-refractivity contribution in [3.63, 3.8) is 0 Å². The minimum absolute atomic E-state index is 0.318. The van der Waals surface area contributed by atoms with Gasteiger partial charge in [0.1, 0.15) is 0 Å². The molecule has 78 valence electrons. The summed E-state index contributed by atoms with van der Waals surface area (Å²) in [5, 5.41) is 3.38. The van der Waals surface area contributed by atoms with Gasteiger partial charge in [-0.15, -0.1) is 0 Å². The fourth-order valence-electron chi connectivity index (χ4n) is 1.32. The lowest BCUT2D eigenvalue weighted by molar-refractivity contribution is 0.190. The van der Waals surface area contributed by atoms with Gasteiger partial charge in [-0.25, -0.2) is 0 Å². The van der Waals surface area contributed by atoms with Gasteiger partial charge in [-0.05, 0) is 41.4 Å². The molecule has 0 fully saturated rings. The second-order valence-electron chi connectivity index (χ2n) is 3.44. The van der Waals surface area contributed by atoms with Crippen LogP contribution in [0.3, 0.4) is 0 Å². The highest BCUT2D eigenvalue weighted by atomic mass is 79.9. The van der Waals surface area contributed by atoms with E-state index in [2.05, 4.69) is 47.2 Å². The van der Waals surface area contributed by atoms with Crippen molar-refractivity contribution in [1.29, 1.82) is 0 Å². The molecule has 2 nitrogen and oxygen atoms in total. The van der Waals surface area contributed by atoms with E-state index in [0.717, 1.165) is 10.2 Å². The summed E-state index contributed by atoms with van der Waals surface area (Å²) in [6.45, 7) is 4.88. The molecule has 0 aromatic heterocycles. The van der Waals surface area contributed by atoms with Gasteiger partial charge in [0.2, 0.25) is 0 Å². The van der Waals surface area contributed by atoms with Crippen LogP contribution in [0, 0.1) is 6.92 Å². The molecule has 0 aliphatic carbocycles. The van der Waals surface area contributed by atoms with Crippen LogP contribution in [0.2, 0.25) is 0 Å². The van der Waals surface area contributed by atoms with Crippen molar-refractivity contribution in [2.75, 3.05) is 19.0 Å². The van der Waals surface area contributed by atoms with Crippen LogP contribution in [-0.2, 0) is 4.74 Å². The molecule has 0 saturated carbocycles. The number of hydrogen-bond acceptors (Lipinski definition) is 2. The van der Waals surface area contributed by atoms with Gasteiger partial charge < -0.3 is 10.1 Å². The van der Waals surface area contributed by atoms with Gasteiger partial charge in [0, 0.05) is 23.3 Å². The van der Waals surface area contributed by atoms with E-state index in [9.17, 15) is 0 Å². The molecule has 14 heavy (non-hydrogen) atoms. The first-order valence-electron chi connectivity index (χ1n) is 4.65. The molecule has 3 heteroatoms. The maximum absolute atomic E-state index is 5.07. The molecule has 0 spiro atoms. The average Bonchev–Trinajstić information content (AvgIpc) is 2.13. The maximum atomic E-state index is 5.07. The van der Waals surface area contributed by atoms with Crippen molar-refractivity contribution in [2.45, 2.75) is 19.9 Å². The first-order valence-corrected chi connectivity index (χ1v) is 5.45. The van der Waals surface area contributed by atoms with Crippen molar-refractivity contribution in [2.24, 2.45) is 0 Å². The summed E-state index contributed by atoms with van der Waals surface area (Å²) in [4.78, 5) is 0. The van der Waals surface area contributed by atoms with Crippen LogP contribution in [0.25, 0.3) is 0 Å². The quantitative estimate of drug-likeness (QED) is 0.895. The van der Waals surface area contributed by atoms with Crippen LogP contribution < -0.4 is 5.32 Å². The van der Waals surface area contributed by atoms with Crippen molar-refractivity contribution < 1.29 is 4.74 Å². The van der Waals surface area contributed by atoms with Gasteiger partial charge in [-0.2, -0.15) is 0 Å². The normalized spacial score (nSPS) is 12.6. The van der Waals surface area contributed by atoms with Crippen LogP contribution in [0.1, 0.15) is 12.5 Å². The van der Waals surface area contributed by atoms with E-state index < -0.39 is 0 Å². The third kappa shape index (κ3) is 3.00.